The second-order valence-corrected chi connectivity index (χ2v) is 5.36. The van der Waals surface area contributed by atoms with Crippen molar-refractivity contribution in [3.63, 3.8) is 0 Å². The van der Waals surface area contributed by atoms with E-state index in [1.807, 2.05) is 0 Å². The Labute approximate surface area is 115 Å². The Balaban J connectivity index is 2.08. The molecule has 0 aromatic carbocycles. The maximum Gasteiger partial charge on any atom is 0.351 e. The molecule has 1 fully saturated rings. The van der Waals surface area contributed by atoms with Crippen molar-refractivity contribution in [1.29, 1.82) is 0 Å². The van der Waals surface area contributed by atoms with E-state index >= 15 is 0 Å². The highest BCUT2D eigenvalue weighted by molar-refractivity contribution is 7.18. The molecule has 0 atom stereocenters. The second-order valence-electron chi connectivity index (χ2n) is 4.03. The van der Waals surface area contributed by atoms with Crippen molar-refractivity contribution < 1.29 is 9.53 Å². The van der Waals surface area contributed by atoms with Crippen molar-refractivity contribution in [3.8, 4) is 0 Å². The summed E-state index contributed by atoms with van der Waals surface area (Å²) in [7, 11) is 1.35. The van der Waals surface area contributed by atoms with Gasteiger partial charge in [0.15, 0.2) is 15.2 Å². The normalized spacial score (nSPS) is 16.9. The van der Waals surface area contributed by atoms with Crippen LogP contribution in [-0.4, -0.2) is 55.7 Å². The summed E-state index contributed by atoms with van der Waals surface area (Å²) >= 11 is 7.25. The van der Waals surface area contributed by atoms with Gasteiger partial charge >= 0.3 is 5.97 Å². The van der Waals surface area contributed by atoms with Crippen molar-refractivity contribution in [2.45, 2.75) is 6.92 Å². The maximum atomic E-state index is 11.5. The fraction of sp³-hybridized carbons (Fsp3) is 0.636. The molecule has 0 saturated carbocycles. The zero-order chi connectivity index (χ0) is 13.1. The number of methoxy groups -OCH3 is 1. The van der Waals surface area contributed by atoms with Gasteiger partial charge in [-0.2, -0.15) is 0 Å². The number of piperazine rings is 1. The molecular weight excluding hydrogens is 274 g/mol. The molecule has 2 rings (SSSR count). The Kier molecular flexibility index (Phi) is 4.42. The SMILES string of the molecule is CCN1CCN(c2nc(Cl)c(C(=O)OC)s2)CC1. The van der Waals surface area contributed by atoms with Crippen LogP contribution in [0.1, 0.15) is 16.6 Å². The number of carbonyl (C=O) groups excluding carboxylic acids is 1. The van der Waals surface area contributed by atoms with Crippen LogP contribution >= 0.6 is 22.9 Å². The van der Waals surface area contributed by atoms with E-state index < -0.39 is 5.97 Å². The third-order valence-electron chi connectivity index (χ3n) is 3.04. The molecular formula is C11H16ClN3O2S. The minimum absolute atomic E-state index is 0.236. The minimum Gasteiger partial charge on any atom is -0.465 e. The highest BCUT2D eigenvalue weighted by Gasteiger charge is 2.23. The summed E-state index contributed by atoms with van der Waals surface area (Å²) in [4.78, 5) is 20.6. The molecule has 5 nitrogen and oxygen atoms in total. The van der Waals surface area contributed by atoms with Gasteiger partial charge in [-0.1, -0.05) is 29.9 Å². The molecule has 0 N–H and O–H groups in total. The molecule has 0 bridgehead atoms. The van der Waals surface area contributed by atoms with Crippen LogP contribution in [0.5, 0.6) is 0 Å². The summed E-state index contributed by atoms with van der Waals surface area (Å²) in [6.45, 7) is 7.09. The number of aromatic nitrogens is 1. The van der Waals surface area contributed by atoms with Crippen molar-refractivity contribution in [1.82, 2.24) is 9.88 Å². The lowest BCUT2D eigenvalue weighted by atomic mass is 10.3. The van der Waals surface area contributed by atoms with Crippen molar-refractivity contribution in [2.24, 2.45) is 0 Å². The number of esters is 1. The van der Waals surface area contributed by atoms with Gasteiger partial charge in [0, 0.05) is 26.2 Å². The van der Waals surface area contributed by atoms with E-state index in [0.717, 1.165) is 37.9 Å². The highest BCUT2D eigenvalue weighted by Crippen LogP contribution is 2.30. The Bertz CT molecular complexity index is 430. The van der Waals surface area contributed by atoms with Crippen LogP contribution in [0.4, 0.5) is 5.13 Å². The molecule has 1 aliphatic rings. The number of thiazole rings is 1. The first-order valence-corrected chi connectivity index (χ1v) is 7.07. The molecule has 0 radical (unpaired) electrons. The van der Waals surface area contributed by atoms with Crippen LogP contribution in [0.15, 0.2) is 0 Å². The summed E-state index contributed by atoms with van der Waals surface area (Å²) in [5, 5.41) is 1.04. The van der Waals surface area contributed by atoms with Crippen LogP contribution in [0, 0.1) is 0 Å². The molecule has 0 amide bonds. The number of halogens is 1. The first-order chi connectivity index (χ1) is 8.65. The largest absolute Gasteiger partial charge is 0.465 e. The standard InChI is InChI=1S/C11H16ClN3O2S/c1-3-14-4-6-15(7-5-14)11-13-9(12)8(18-11)10(16)17-2/h3-7H2,1-2H3. The highest BCUT2D eigenvalue weighted by atomic mass is 35.5. The van der Waals surface area contributed by atoms with Gasteiger partial charge in [-0.05, 0) is 6.54 Å². The summed E-state index contributed by atoms with van der Waals surface area (Å²) in [5.41, 5.74) is 0. The molecule has 0 spiro atoms. The minimum atomic E-state index is -0.420. The van der Waals surface area contributed by atoms with E-state index in [9.17, 15) is 4.79 Å². The fourth-order valence-corrected chi connectivity index (χ4v) is 3.15. The molecule has 1 saturated heterocycles. The van der Waals surface area contributed by atoms with Gasteiger partial charge in [0.1, 0.15) is 0 Å². The van der Waals surface area contributed by atoms with Crippen molar-refractivity contribution in [3.05, 3.63) is 10.0 Å². The quantitative estimate of drug-likeness (QED) is 0.793. The molecule has 18 heavy (non-hydrogen) atoms. The number of nitrogens with zero attached hydrogens (tertiary/aromatic N) is 3. The Morgan fingerprint density at radius 1 is 1.44 bits per heavy atom. The summed E-state index contributed by atoms with van der Waals surface area (Å²) in [5.74, 6) is -0.420. The van der Waals surface area contributed by atoms with Gasteiger partial charge < -0.3 is 14.5 Å². The number of hydrogen-bond acceptors (Lipinski definition) is 6. The molecule has 1 aromatic rings. The van der Waals surface area contributed by atoms with Crippen LogP contribution < -0.4 is 4.90 Å². The fourth-order valence-electron chi connectivity index (χ4n) is 1.90. The Morgan fingerprint density at radius 3 is 2.67 bits per heavy atom. The predicted molar refractivity (Wildman–Crippen MR) is 72.8 cm³/mol. The lowest BCUT2D eigenvalue weighted by Gasteiger charge is -2.33. The number of carbonyl (C=O) groups is 1. The van der Waals surface area contributed by atoms with Gasteiger partial charge in [0.05, 0.1) is 7.11 Å². The van der Waals surface area contributed by atoms with Crippen LogP contribution in [-0.2, 0) is 4.74 Å². The van der Waals surface area contributed by atoms with Crippen molar-refractivity contribution in [2.75, 3.05) is 44.7 Å². The predicted octanol–water partition coefficient (Wildman–Crippen LogP) is 1.72. The third kappa shape index (κ3) is 2.76. The summed E-state index contributed by atoms with van der Waals surface area (Å²) in [6, 6.07) is 0. The van der Waals surface area contributed by atoms with Gasteiger partial charge in [-0.3, -0.25) is 0 Å². The Hall–Kier alpha value is -0.850. The number of anilines is 1. The van der Waals surface area contributed by atoms with E-state index in [0.29, 0.717) is 4.88 Å². The van der Waals surface area contributed by atoms with E-state index in [1.165, 1.54) is 18.4 Å². The molecule has 0 aliphatic carbocycles. The van der Waals surface area contributed by atoms with Gasteiger partial charge in [-0.15, -0.1) is 0 Å². The molecule has 1 aliphatic heterocycles. The average Bonchev–Trinajstić information content (AvgIpc) is 2.80. The molecule has 0 unspecified atom stereocenters. The van der Waals surface area contributed by atoms with E-state index in [-0.39, 0.29) is 5.15 Å². The molecule has 100 valence electrons. The lowest BCUT2D eigenvalue weighted by Crippen LogP contribution is -2.46. The van der Waals surface area contributed by atoms with Crippen LogP contribution in [0.3, 0.4) is 0 Å². The van der Waals surface area contributed by atoms with E-state index in [1.54, 1.807) is 0 Å². The maximum absolute atomic E-state index is 11.5. The number of rotatable bonds is 3. The zero-order valence-electron chi connectivity index (χ0n) is 10.5. The lowest BCUT2D eigenvalue weighted by molar-refractivity contribution is 0.0606. The zero-order valence-corrected chi connectivity index (χ0v) is 12.1. The van der Waals surface area contributed by atoms with Crippen LogP contribution in [0.2, 0.25) is 5.15 Å². The third-order valence-corrected chi connectivity index (χ3v) is 4.52. The summed E-state index contributed by atoms with van der Waals surface area (Å²) in [6.07, 6.45) is 0. The van der Waals surface area contributed by atoms with E-state index in [4.69, 9.17) is 11.6 Å². The van der Waals surface area contributed by atoms with E-state index in [2.05, 4.69) is 26.4 Å². The summed E-state index contributed by atoms with van der Waals surface area (Å²) < 4.78 is 4.67. The number of ether oxygens (including phenoxy) is 1. The monoisotopic (exact) mass is 289 g/mol. The number of likely N-dealkylation sites (N-methyl/N-ethyl adjacent to an activating group) is 1. The van der Waals surface area contributed by atoms with Gasteiger partial charge in [-0.25, -0.2) is 9.78 Å². The first kappa shape index (κ1) is 13.6. The average molecular weight is 290 g/mol. The molecule has 2 heterocycles. The van der Waals surface area contributed by atoms with Crippen molar-refractivity contribution >= 4 is 34.0 Å². The Morgan fingerprint density at radius 2 is 2.11 bits per heavy atom. The number of hydrogen-bond donors (Lipinski definition) is 0. The smallest absolute Gasteiger partial charge is 0.351 e. The van der Waals surface area contributed by atoms with Gasteiger partial charge in [0.2, 0.25) is 0 Å². The van der Waals surface area contributed by atoms with Crippen LogP contribution in [0.25, 0.3) is 0 Å². The molecule has 1 aromatic heterocycles. The first-order valence-electron chi connectivity index (χ1n) is 5.87. The topological polar surface area (TPSA) is 45.7 Å². The molecule has 7 heteroatoms. The van der Waals surface area contributed by atoms with Gasteiger partial charge in [0.25, 0.3) is 0 Å². The second kappa shape index (κ2) is 5.86.